The molecule has 1 heterocycles. The molecule has 1 aromatic rings. The monoisotopic (exact) mass is 270 g/mol. The minimum absolute atomic E-state index is 0.144. The zero-order chi connectivity index (χ0) is 13.6. The van der Waals surface area contributed by atoms with Crippen LogP contribution < -0.4 is 5.32 Å². The van der Waals surface area contributed by atoms with E-state index in [1.165, 1.54) is 5.69 Å². The van der Waals surface area contributed by atoms with Gasteiger partial charge in [-0.05, 0) is 25.3 Å². The quantitative estimate of drug-likeness (QED) is 0.749. The van der Waals surface area contributed by atoms with Crippen LogP contribution >= 0.6 is 11.3 Å². The maximum atomic E-state index is 8.92. The molecular formula is C14H26N2OS. The lowest BCUT2D eigenvalue weighted by Crippen LogP contribution is -2.17. The predicted molar refractivity (Wildman–Crippen MR) is 78.0 cm³/mol. The second-order valence-electron chi connectivity index (χ2n) is 5.98. The molecule has 1 unspecified atom stereocenters. The second kappa shape index (κ2) is 7.22. The van der Waals surface area contributed by atoms with E-state index in [0.29, 0.717) is 12.5 Å². The second-order valence-corrected chi connectivity index (χ2v) is 6.93. The van der Waals surface area contributed by atoms with E-state index in [4.69, 9.17) is 5.11 Å². The first kappa shape index (κ1) is 15.6. The SMILES string of the molecule is CC(CO)CCCNCc1nc(C(C)(C)C)cs1. The number of aliphatic hydroxyl groups excluding tert-OH is 1. The van der Waals surface area contributed by atoms with Crippen LogP contribution in [0.3, 0.4) is 0 Å². The number of aromatic nitrogens is 1. The summed E-state index contributed by atoms with van der Waals surface area (Å²) in [6, 6.07) is 0. The molecule has 2 N–H and O–H groups in total. The Morgan fingerprint density at radius 1 is 1.44 bits per heavy atom. The van der Waals surface area contributed by atoms with Crippen molar-refractivity contribution < 1.29 is 5.11 Å². The molecule has 0 radical (unpaired) electrons. The van der Waals surface area contributed by atoms with Gasteiger partial charge < -0.3 is 10.4 Å². The number of thiazole rings is 1. The van der Waals surface area contributed by atoms with E-state index in [1.807, 2.05) is 0 Å². The van der Waals surface area contributed by atoms with Crippen molar-refractivity contribution in [1.82, 2.24) is 10.3 Å². The summed E-state index contributed by atoms with van der Waals surface area (Å²) in [6.07, 6.45) is 2.19. The van der Waals surface area contributed by atoms with Crippen LogP contribution in [-0.4, -0.2) is 23.2 Å². The lowest BCUT2D eigenvalue weighted by atomic mass is 9.93. The van der Waals surface area contributed by atoms with Crippen LogP contribution in [0.25, 0.3) is 0 Å². The third-order valence-electron chi connectivity index (χ3n) is 2.96. The van der Waals surface area contributed by atoms with E-state index in [-0.39, 0.29) is 5.41 Å². The molecule has 18 heavy (non-hydrogen) atoms. The van der Waals surface area contributed by atoms with Gasteiger partial charge in [-0.2, -0.15) is 0 Å². The van der Waals surface area contributed by atoms with Crippen molar-refractivity contribution >= 4 is 11.3 Å². The van der Waals surface area contributed by atoms with Crippen LogP contribution in [0.5, 0.6) is 0 Å². The molecule has 0 spiro atoms. The highest BCUT2D eigenvalue weighted by molar-refractivity contribution is 7.09. The molecule has 0 aromatic carbocycles. The van der Waals surface area contributed by atoms with Crippen molar-refractivity contribution in [2.45, 2.75) is 52.5 Å². The molecule has 0 aliphatic heterocycles. The number of nitrogens with one attached hydrogen (secondary N) is 1. The maximum Gasteiger partial charge on any atom is 0.107 e. The summed E-state index contributed by atoms with van der Waals surface area (Å²) in [5.41, 5.74) is 1.32. The van der Waals surface area contributed by atoms with E-state index in [2.05, 4.69) is 43.4 Å². The Morgan fingerprint density at radius 2 is 2.17 bits per heavy atom. The molecule has 0 amide bonds. The largest absolute Gasteiger partial charge is 0.396 e. The molecule has 0 saturated carbocycles. The van der Waals surface area contributed by atoms with Gasteiger partial charge in [0.1, 0.15) is 5.01 Å². The zero-order valence-electron chi connectivity index (χ0n) is 12.0. The average Bonchev–Trinajstić information content (AvgIpc) is 2.76. The summed E-state index contributed by atoms with van der Waals surface area (Å²) in [7, 11) is 0. The number of hydrogen-bond donors (Lipinski definition) is 2. The fourth-order valence-electron chi connectivity index (χ4n) is 1.60. The smallest absolute Gasteiger partial charge is 0.107 e. The molecule has 0 bridgehead atoms. The Hall–Kier alpha value is -0.450. The van der Waals surface area contributed by atoms with Crippen molar-refractivity contribution in [2.24, 2.45) is 5.92 Å². The standard InChI is InChI=1S/C14H26N2OS/c1-11(9-17)6-5-7-15-8-13-16-12(10-18-13)14(2,3)4/h10-11,15,17H,5-9H2,1-4H3. The molecule has 1 rings (SSSR count). The molecule has 1 atom stereocenters. The van der Waals surface area contributed by atoms with Gasteiger partial charge in [0.25, 0.3) is 0 Å². The molecule has 0 aliphatic carbocycles. The van der Waals surface area contributed by atoms with E-state index in [1.54, 1.807) is 11.3 Å². The highest BCUT2D eigenvalue weighted by atomic mass is 32.1. The van der Waals surface area contributed by atoms with Gasteiger partial charge in [-0.1, -0.05) is 27.7 Å². The molecule has 4 heteroatoms. The molecule has 104 valence electrons. The van der Waals surface area contributed by atoms with Crippen molar-refractivity contribution in [3.63, 3.8) is 0 Å². The van der Waals surface area contributed by atoms with Gasteiger partial charge in [-0.25, -0.2) is 4.98 Å². The molecule has 0 aliphatic rings. The topological polar surface area (TPSA) is 45.1 Å². The first-order valence-electron chi connectivity index (χ1n) is 6.70. The first-order chi connectivity index (χ1) is 8.43. The lowest BCUT2D eigenvalue weighted by molar-refractivity contribution is 0.228. The minimum atomic E-state index is 0.144. The van der Waals surface area contributed by atoms with Crippen LogP contribution in [0.2, 0.25) is 0 Å². The normalized spacial score (nSPS) is 13.8. The number of rotatable bonds is 7. The van der Waals surface area contributed by atoms with Gasteiger partial charge in [0.05, 0.1) is 5.69 Å². The summed E-state index contributed by atoms with van der Waals surface area (Å²) in [5.74, 6) is 0.416. The number of hydrogen-bond acceptors (Lipinski definition) is 4. The Kier molecular flexibility index (Phi) is 6.26. The summed E-state index contributed by atoms with van der Waals surface area (Å²) in [4.78, 5) is 4.65. The lowest BCUT2D eigenvalue weighted by Gasteiger charge is -2.14. The highest BCUT2D eigenvalue weighted by Gasteiger charge is 2.16. The summed E-state index contributed by atoms with van der Waals surface area (Å²) >= 11 is 1.73. The maximum absolute atomic E-state index is 8.92. The van der Waals surface area contributed by atoms with Gasteiger partial charge in [0.2, 0.25) is 0 Å². The fourth-order valence-corrected chi connectivity index (χ4v) is 2.59. The van der Waals surface area contributed by atoms with Gasteiger partial charge in [0.15, 0.2) is 0 Å². The van der Waals surface area contributed by atoms with Crippen molar-refractivity contribution in [3.05, 3.63) is 16.1 Å². The van der Waals surface area contributed by atoms with Crippen molar-refractivity contribution in [2.75, 3.05) is 13.2 Å². The zero-order valence-corrected chi connectivity index (χ0v) is 12.8. The van der Waals surface area contributed by atoms with E-state index in [0.717, 1.165) is 30.9 Å². The molecule has 1 aromatic heterocycles. The molecule has 0 saturated heterocycles. The van der Waals surface area contributed by atoms with Crippen LogP contribution in [0, 0.1) is 5.92 Å². The van der Waals surface area contributed by atoms with Crippen molar-refractivity contribution in [3.8, 4) is 0 Å². The molecule has 3 nitrogen and oxygen atoms in total. The third-order valence-corrected chi connectivity index (χ3v) is 3.81. The van der Waals surface area contributed by atoms with Gasteiger partial charge in [-0.15, -0.1) is 11.3 Å². The number of nitrogens with zero attached hydrogens (tertiary/aromatic N) is 1. The molecule has 0 fully saturated rings. The summed E-state index contributed by atoms with van der Waals surface area (Å²) < 4.78 is 0. The van der Waals surface area contributed by atoms with Crippen LogP contribution in [0.4, 0.5) is 0 Å². The van der Waals surface area contributed by atoms with Crippen LogP contribution in [0.15, 0.2) is 5.38 Å². The Morgan fingerprint density at radius 3 is 2.72 bits per heavy atom. The van der Waals surface area contributed by atoms with Crippen LogP contribution in [0.1, 0.15) is 51.2 Å². The summed E-state index contributed by atoms with van der Waals surface area (Å²) in [6.45, 7) is 10.8. The Labute approximate surface area is 115 Å². The Balaban J connectivity index is 2.22. The summed E-state index contributed by atoms with van der Waals surface area (Å²) in [5, 5.41) is 15.7. The minimum Gasteiger partial charge on any atom is -0.396 e. The van der Waals surface area contributed by atoms with E-state index in [9.17, 15) is 0 Å². The predicted octanol–water partition coefficient (Wildman–Crippen LogP) is 2.94. The highest BCUT2D eigenvalue weighted by Crippen LogP contribution is 2.23. The van der Waals surface area contributed by atoms with Gasteiger partial charge in [-0.3, -0.25) is 0 Å². The molecular weight excluding hydrogens is 244 g/mol. The average molecular weight is 270 g/mol. The Bertz CT molecular complexity index is 344. The fraction of sp³-hybridized carbons (Fsp3) is 0.786. The van der Waals surface area contributed by atoms with Gasteiger partial charge in [0, 0.05) is 23.9 Å². The van der Waals surface area contributed by atoms with Crippen LogP contribution in [-0.2, 0) is 12.0 Å². The number of aliphatic hydroxyl groups is 1. The van der Waals surface area contributed by atoms with Gasteiger partial charge >= 0.3 is 0 Å². The third kappa shape index (κ3) is 5.46. The van der Waals surface area contributed by atoms with Crippen molar-refractivity contribution in [1.29, 1.82) is 0 Å². The van der Waals surface area contributed by atoms with E-state index < -0.39 is 0 Å². The first-order valence-corrected chi connectivity index (χ1v) is 7.58. The van der Waals surface area contributed by atoms with E-state index >= 15 is 0 Å².